The largest absolute Gasteiger partial charge is 0.465 e. The van der Waals surface area contributed by atoms with Gasteiger partial charge in [-0.2, -0.15) is 0 Å². The van der Waals surface area contributed by atoms with E-state index >= 15 is 0 Å². The van der Waals surface area contributed by atoms with Crippen molar-refractivity contribution in [3.63, 3.8) is 0 Å². The monoisotopic (exact) mass is 395 g/mol. The van der Waals surface area contributed by atoms with Gasteiger partial charge in [0.25, 0.3) is 0 Å². The zero-order valence-corrected chi connectivity index (χ0v) is 16.1. The van der Waals surface area contributed by atoms with Crippen molar-refractivity contribution in [2.24, 2.45) is 0 Å². The molecule has 2 aliphatic carbocycles. The second-order valence-corrected chi connectivity index (χ2v) is 7.10. The van der Waals surface area contributed by atoms with Crippen LogP contribution < -0.4 is 11.1 Å². The molecule has 0 aromatic carbocycles. The summed E-state index contributed by atoms with van der Waals surface area (Å²) in [4.78, 5) is 50.5. The number of fused-ring (bicyclic) bond motifs is 2. The highest BCUT2D eigenvalue weighted by molar-refractivity contribution is 5.85. The molecule has 0 unspecified atom stereocenters. The molecule has 0 saturated heterocycles. The molecule has 4 rings (SSSR count). The summed E-state index contributed by atoms with van der Waals surface area (Å²) in [6, 6.07) is 1.74. The predicted octanol–water partition coefficient (Wildman–Crippen LogP) is 1.75. The van der Waals surface area contributed by atoms with Crippen LogP contribution in [0, 0.1) is 0 Å². The van der Waals surface area contributed by atoms with Gasteiger partial charge in [-0.05, 0) is 44.7 Å². The van der Waals surface area contributed by atoms with Gasteiger partial charge in [0, 0.05) is 34.9 Å². The van der Waals surface area contributed by atoms with E-state index in [1.807, 2.05) is 16.8 Å². The van der Waals surface area contributed by atoms with E-state index in [2.05, 4.69) is 4.98 Å². The Kier molecular flexibility index (Phi) is 4.92. The molecule has 2 heterocycles. The van der Waals surface area contributed by atoms with Crippen molar-refractivity contribution in [2.75, 3.05) is 6.61 Å². The molecule has 8 heteroatoms. The van der Waals surface area contributed by atoms with E-state index in [9.17, 15) is 19.2 Å². The number of hydrogen-bond donors (Lipinski definition) is 1. The molecule has 8 nitrogen and oxygen atoms in total. The van der Waals surface area contributed by atoms with Crippen LogP contribution in [0.1, 0.15) is 47.9 Å². The zero-order chi connectivity index (χ0) is 20.5. The maximum Gasteiger partial charge on any atom is 0.326 e. The Labute approximate surface area is 166 Å². The lowest BCUT2D eigenvalue weighted by Gasteiger charge is -2.28. The SMILES string of the molecule is CCOC(=O)Cn1c2c([nH]c(=O)c1=O)CCC1=C2C=C(n2ccc(C=O)c2)CC1. The minimum absolute atomic E-state index is 0.198. The second-order valence-electron chi connectivity index (χ2n) is 7.10. The van der Waals surface area contributed by atoms with Gasteiger partial charge in [-0.25, -0.2) is 0 Å². The molecule has 1 N–H and O–H groups in total. The number of nitrogens with zero attached hydrogens (tertiary/aromatic N) is 2. The lowest BCUT2D eigenvalue weighted by molar-refractivity contribution is -0.143. The van der Waals surface area contributed by atoms with Gasteiger partial charge in [-0.3, -0.25) is 23.7 Å². The quantitative estimate of drug-likeness (QED) is 0.472. The van der Waals surface area contributed by atoms with Gasteiger partial charge in [0.1, 0.15) is 6.54 Å². The molecule has 150 valence electrons. The molecule has 0 bridgehead atoms. The Morgan fingerprint density at radius 1 is 1.24 bits per heavy atom. The Balaban J connectivity index is 1.85. The number of ether oxygens (including phenoxy) is 1. The molecule has 29 heavy (non-hydrogen) atoms. The van der Waals surface area contributed by atoms with E-state index in [1.165, 1.54) is 10.1 Å². The van der Waals surface area contributed by atoms with Crippen LogP contribution in [-0.2, 0) is 22.5 Å². The Bertz CT molecular complexity index is 1180. The fraction of sp³-hybridized carbons (Fsp3) is 0.333. The van der Waals surface area contributed by atoms with Crippen molar-refractivity contribution in [3.05, 3.63) is 67.8 Å². The van der Waals surface area contributed by atoms with Gasteiger partial charge in [0.05, 0.1) is 12.3 Å². The van der Waals surface area contributed by atoms with E-state index in [0.717, 1.165) is 36.8 Å². The van der Waals surface area contributed by atoms with Crippen molar-refractivity contribution in [1.29, 1.82) is 0 Å². The summed E-state index contributed by atoms with van der Waals surface area (Å²) in [6.07, 6.45) is 9.34. The van der Waals surface area contributed by atoms with Crippen LogP contribution in [0.25, 0.3) is 11.3 Å². The minimum Gasteiger partial charge on any atom is -0.465 e. The number of aldehydes is 1. The van der Waals surface area contributed by atoms with E-state index in [0.29, 0.717) is 23.4 Å². The van der Waals surface area contributed by atoms with Crippen molar-refractivity contribution < 1.29 is 14.3 Å². The van der Waals surface area contributed by atoms with Crippen LogP contribution in [0.2, 0.25) is 0 Å². The Hall–Kier alpha value is -3.42. The highest BCUT2D eigenvalue weighted by Gasteiger charge is 2.27. The topological polar surface area (TPSA) is 103 Å². The van der Waals surface area contributed by atoms with Gasteiger partial charge in [0.15, 0.2) is 6.29 Å². The molecule has 0 saturated carbocycles. The summed E-state index contributed by atoms with van der Waals surface area (Å²) in [7, 11) is 0. The minimum atomic E-state index is -0.768. The lowest BCUT2D eigenvalue weighted by atomic mass is 9.84. The zero-order valence-electron chi connectivity index (χ0n) is 16.1. The van der Waals surface area contributed by atoms with Crippen molar-refractivity contribution in [2.45, 2.75) is 39.2 Å². The number of H-pyrrole nitrogens is 1. The lowest BCUT2D eigenvalue weighted by Crippen LogP contribution is -2.41. The summed E-state index contributed by atoms with van der Waals surface area (Å²) in [6.45, 7) is 1.58. The normalized spacial score (nSPS) is 15.4. The Morgan fingerprint density at radius 3 is 2.76 bits per heavy atom. The molecule has 0 atom stereocenters. The smallest absolute Gasteiger partial charge is 0.326 e. The number of esters is 1. The molecule has 0 fully saturated rings. The van der Waals surface area contributed by atoms with Crippen molar-refractivity contribution in [3.8, 4) is 0 Å². The number of hydrogen-bond acceptors (Lipinski definition) is 5. The average Bonchev–Trinajstić information content (AvgIpc) is 3.20. The summed E-state index contributed by atoms with van der Waals surface area (Å²) >= 11 is 0. The predicted molar refractivity (Wildman–Crippen MR) is 107 cm³/mol. The number of carbonyl (C=O) groups is 2. The van der Waals surface area contributed by atoms with E-state index in [1.54, 1.807) is 19.2 Å². The van der Waals surface area contributed by atoms with Gasteiger partial charge in [-0.15, -0.1) is 0 Å². The summed E-state index contributed by atoms with van der Waals surface area (Å²) in [5, 5.41) is 0. The molecular weight excluding hydrogens is 374 g/mol. The summed E-state index contributed by atoms with van der Waals surface area (Å²) in [5.41, 5.74) is 3.32. The van der Waals surface area contributed by atoms with Gasteiger partial charge in [0.2, 0.25) is 0 Å². The highest BCUT2D eigenvalue weighted by Crippen LogP contribution is 2.38. The van der Waals surface area contributed by atoms with Crippen LogP contribution in [0.3, 0.4) is 0 Å². The first-order valence-electron chi connectivity index (χ1n) is 9.60. The van der Waals surface area contributed by atoms with Gasteiger partial charge < -0.3 is 14.3 Å². The van der Waals surface area contributed by atoms with Crippen LogP contribution in [0.5, 0.6) is 0 Å². The average molecular weight is 395 g/mol. The molecule has 0 spiro atoms. The maximum atomic E-state index is 12.6. The maximum absolute atomic E-state index is 12.6. The highest BCUT2D eigenvalue weighted by atomic mass is 16.5. The van der Waals surface area contributed by atoms with Crippen molar-refractivity contribution >= 4 is 23.5 Å². The van der Waals surface area contributed by atoms with Crippen LogP contribution in [0.4, 0.5) is 0 Å². The fourth-order valence-electron chi connectivity index (χ4n) is 4.00. The number of aryl methyl sites for hydroxylation is 1. The first-order chi connectivity index (χ1) is 14.0. The molecule has 2 aromatic rings. The molecule has 0 radical (unpaired) electrons. The van der Waals surface area contributed by atoms with Crippen LogP contribution >= 0.6 is 0 Å². The van der Waals surface area contributed by atoms with E-state index in [4.69, 9.17) is 4.74 Å². The number of allylic oxidation sites excluding steroid dienone is 4. The number of nitrogens with one attached hydrogen (secondary N) is 1. The second kappa shape index (κ2) is 7.54. The Morgan fingerprint density at radius 2 is 2.03 bits per heavy atom. The molecule has 2 aliphatic rings. The number of aromatic amines is 1. The first kappa shape index (κ1) is 18.9. The van der Waals surface area contributed by atoms with E-state index < -0.39 is 17.1 Å². The van der Waals surface area contributed by atoms with Gasteiger partial charge in [-0.1, -0.05) is 5.57 Å². The third-order valence-corrected chi connectivity index (χ3v) is 5.34. The number of rotatable bonds is 5. The number of carbonyl (C=O) groups excluding carboxylic acids is 2. The third kappa shape index (κ3) is 3.41. The third-order valence-electron chi connectivity index (χ3n) is 5.34. The fourth-order valence-corrected chi connectivity index (χ4v) is 4.00. The van der Waals surface area contributed by atoms with Crippen LogP contribution in [-0.4, -0.2) is 33.0 Å². The molecule has 0 amide bonds. The molecule has 0 aliphatic heterocycles. The molecular formula is C21H21N3O5. The molecule has 2 aromatic heterocycles. The van der Waals surface area contributed by atoms with Crippen molar-refractivity contribution in [1.82, 2.24) is 14.1 Å². The van der Waals surface area contributed by atoms with Crippen LogP contribution in [0.15, 0.2) is 39.7 Å². The summed E-state index contributed by atoms with van der Waals surface area (Å²) in [5.74, 6) is -0.559. The van der Waals surface area contributed by atoms with Gasteiger partial charge >= 0.3 is 17.1 Å². The van der Waals surface area contributed by atoms with E-state index in [-0.39, 0.29) is 13.2 Å². The first-order valence-corrected chi connectivity index (χ1v) is 9.60. The standard InChI is InChI=1S/C21H21N3O5/c1-2-29-18(26)11-24-19-16-9-15(23-8-7-13(10-23)12-25)5-3-14(16)4-6-17(19)22-20(27)21(24)28/h7-10,12H,2-6,11H2,1H3,(H,22,27). The number of aromatic nitrogens is 3. The summed E-state index contributed by atoms with van der Waals surface area (Å²) < 4.78 is 8.11.